The summed E-state index contributed by atoms with van der Waals surface area (Å²) in [4.78, 5) is 57.5. The summed E-state index contributed by atoms with van der Waals surface area (Å²) in [5.41, 5.74) is 18.8. The molecule has 0 spiro atoms. The van der Waals surface area contributed by atoms with Crippen LogP contribution in [0.3, 0.4) is 0 Å². The summed E-state index contributed by atoms with van der Waals surface area (Å²) in [5.74, 6) is -1.48. The van der Waals surface area contributed by atoms with Crippen LogP contribution >= 0.6 is 11.8 Å². The van der Waals surface area contributed by atoms with E-state index in [9.17, 15) is 19.2 Å². The standard InChI is InChI=1S/C40H26N4O4S/c41-27-7-1-23(2-8-27)25-5-19-33-35(21-25)39(47)43(37(33)45)29-11-15-31(16-12-29)49-32-17-13-30(14-18-32)44-38(46)34-20-6-26(22-36(34)40(44)48)24-3-9-28(42)10-4-24/h1-22H,41-42H2. The molecule has 0 fully saturated rings. The molecule has 0 atom stereocenters. The van der Waals surface area contributed by atoms with Gasteiger partial charge in [-0.3, -0.25) is 19.2 Å². The van der Waals surface area contributed by atoms with Crippen molar-refractivity contribution < 1.29 is 19.2 Å². The Bertz CT molecular complexity index is 2170. The molecule has 2 heterocycles. The Hall–Kier alpha value is -6.45. The summed E-state index contributed by atoms with van der Waals surface area (Å²) in [7, 11) is 0. The van der Waals surface area contributed by atoms with Crippen molar-refractivity contribution in [3.8, 4) is 22.3 Å². The Labute approximate surface area is 285 Å². The Balaban J connectivity index is 0.961. The number of nitrogens with two attached hydrogens (primary N) is 2. The number of anilines is 4. The maximum atomic E-state index is 13.4. The Kier molecular flexibility index (Phi) is 7.12. The van der Waals surface area contributed by atoms with E-state index in [1.807, 2.05) is 60.7 Å². The van der Waals surface area contributed by atoms with Crippen LogP contribution in [0.2, 0.25) is 0 Å². The molecule has 8 nitrogen and oxygen atoms in total. The van der Waals surface area contributed by atoms with Crippen LogP contribution in [0.1, 0.15) is 41.4 Å². The van der Waals surface area contributed by atoms with Crippen molar-refractivity contribution in [2.24, 2.45) is 0 Å². The van der Waals surface area contributed by atoms with Crippen molar-refractivity contribution >= 4 is 58.1 Å². The third-order valence-corrected chi connectivity index (χ3v) is 9.70. The van der Waals surface area contributed by atoms with Crippen LogP contribution in [-0.4, -0.2) is 23.6 Å². The predicted molar refractivity (Wildman–Crippen MR) is 192 cm³/mol. The van der Waals surface area contributed by atoms with Gasteiger partial charge in [-0.1, -0.05) is 48.2 Å². The molecule has 49 heavy (non-hydrogen) atoms. The molecule has 4 amide bonds. The highest BCUT2D eigenvalue weighted by Crippen LogP contribution is 2.36. The number of hydrogen-bond donors (Lipinski definition) is 2. The SMILES string of the molecule is Nc1ccc(-c2ccc3c(c2)C(=O)N(c2ccc(Sc4ccc(N5C(=O)c6ccc(-c7ccc(N)cc7)cc6C5=O)cc4)cc2)C3=O)cc1. The summed E-state index contributed by atoms with van der Waals surface area (Å²) in [5, 5.41) is 0. The monoisotopic (exact) mass is 658 g/mol. The fraction of sp³-hybridized carbons (Fsp3) is 0. The van der Waals surface area contributed by atoms with E-state index in [4.69, 9.17) is 11.5 Å². The molecule has 236 valence electrons. The molecule has 2 aliphatic heterocycles. The number of nitrogen functional groups attached to an aromatic ring is 2. The number of imide groups is 2. The van der Waals surface area contributed by atoms with Crippen molar-refractivity contribution in [2.45, 2.75) is 9.79 Å². The third-order valence-electron chi connectivity index (χ3n) is 8.69. The van der Waals surface area contributed by atoms with Gasteiger partial charge in [-0.05, 0) is 119 Å². The summed E-state index contributed by atoms with van der Waals surface area (Å²) in [6, 6.07) is 39.6. The highest BCUT2D eigenvalue weighted by molar-refractivity contribution is 7.99. The Morgan fingerprint density at radius 1 is 0.367 bits per heavy atom. The van der Waals surface area contributed by atoms with Crippen LogP contribution in [0.25, 0.3) is 22.3 Å². The molecule has 4 N–H and O–H groups in total. The van der Waals surface area contributed by atoms with Gasteiger partial charge in [0.25, 0.3) is 23.6 Å². The molecule has 8 rings (SSSR count). The van der Waals surface area contributed by atoms with Gasteiger partial charge in [0.15, 0.2) is 0 Å². The number of carbonyl (C=O) groups excluding carboxylic acids is 4. The van der Waals surface area contributed by atoms with Crippen molar-refractivity contribution in [3.63, 3.8) is 0 Å². The number of fused-ring (bicyclic) bond motifs is 2. The molecule has 0 radical (unpaired) electrons. The molecule has 0 aliphatic carbocycles. The minimum absolute atomic E-state index is 0.359. The van der Waals surface area contributed by atoms with Crippen molar-refractivity contribution in [1.29, 1.82) is 0 Å². The van der Waals surface area contributed by atoms with Crippen LogP contribution in [-0.2, 0) is 0 Å². The first-order valence-electron chi connectivity index (χ1n) is 15.4. The fourth-order valence-electron chi connectivity index (χ4n) is 6.12. The largest absolute Gasteiger partial charge is 0.399 e. The molecule has 6 aromatic carbocycles. The van der Waals surface area contributed by atoms with Crippen LogP contribution in [0.4, 0.5) is 22.7 Å². The van der Waals surface area contributed by atoms with Crippen LogP contribution in [0, 0.1) is 0 Å². The molecule has 0 saturated heterocycles. The lowest BCUT2D eigenvalue weighted by Gasteiger charge is -2.15. The normalized spacial score (nSPS) is 13.6. The molecule has 0 unspecified atom stereocenters. The van der Waals surface area contributed by atoms with Gasteiger partial charge in [-0.15, -0.1) is 0 Å². The van der Waals surface area contributed by atoms with Gasteiger partial charge in [0, 0.05) is 21.2 Å². The van der Waals surface area contributed by atoms with E-state index in [0.29, 0.717) is 45.0 Å². The minimum Gasteiger partial charge on any atom is -0.399 e. The smallest absolute Gasteiger partial charge is 0.266 e. The number of hydrogen-bond acceptors (Lipinski definition) is 7. The van der Waals surface area contributed by atoms with E-state index >= 15 is 0 Å². The summed E-state index contributed by atoms with van der Waals surface area (Å²) < 4.78 is 0. The first-order valence-corrected chi connectivity index (χ1v) is 16.2. The van der Waals surface area contributed by atoms with Crippen molar-refractivity contribution in [1.82, 2.24) is 0 Å². The van der Waals surface area contributed by atoms with E-state index < -0.39 is 0 Å². The van der Waals surface area contributed by atoms with Crippen LogP contribution in [0.15, 0.2) is 143 Å². The zero-order chi connectivity index (χ0) is 33.8. The second kappa shape index (κ2) is 11.7. The first-order chi connectivity index (χ1) is 23.7. The van der Waals surface area contributed by atoms with E-state index in [-0.39, 0.29) is 23.6 Å². The fourth-order valence-corrected chi connectivity index (χ4v) is 6.94. The first kappa shape index (κ1) is 29.9. The topological polar surface area (TPSA) is 127 Å². The van der Waals surface area contributed by atoms with E-state index in [2.05, 4.69) is 0 Å². The van der Waals surface area contributed by atoms with Crippen molar-refractivity contribution in [2.75, 3.05) is 21.3 Å². The molecular formula is C40H26N4O4S. The molecule has 0 bridgehead atoms. The number of benzene rings is 6. The maximum absolute atomic E-state index is 13.4. The van der Waals surface area contributed by atoms with Gasteiger partial charge in [0.1, 0.15) is 0 Å². The van der Waals surface area contributed by atoms with Gasteiger partial charge in [0.2, 0.25) is 0 Å². The third kappa shape index (κ3) is 5.22. The van der Waals surface area contributed by atoms with Crippen LogP contribution in [0.5, 0.6) is 0 Å². The summed E-state index contributed by atoms with van der Waals surface area (Å²) in [6.07, 6.45) is 0. The minimum atomic E-state index is -0.372. The summed E-state index contributed by atoms with van der Waals surface area (Å²) >= 11 is 1.47. The van der Waals surface area contributed by atoms with Crippen LogP contribution < -0.4 is 21.3 Å². The highest BCUT2D eigenvalue weighted by Gasteiger charge is 2.38. The number of nitrogens with zero attached hydrogens (tertiary/aromatic N) is 2. The number of carbonyl (C=O) groups is 4. The van der Waals surface area contributed by atoms with Gasteiger partial charge < -0.3 is 11.5 Å². The van der Waals surface area contributed by atoms with E-state index in [0.717, 1.165) is 32.0 Å². The van der Waals surface area contributed by atoms with Crippen molar-refractivity contribution in [3.05, 3.63) is 156 Å². The Morgan fingerprint density at radius 3 is 1.06 bits per heavy atom. The molecular weight excluding hydrogens is 633 g/mol. The molecule has 2 aliphatic rings. The molecule has 0 saturated carbocycles. The van der Waals surface area contributed by atoms with Gasteiger partial charge >= 0.3 is 0 Å². The molecule has 9 heteroatoms. The van der Waals surface area contributed by atoms with Gasteiger partial charge in [0.05, 0.1) is 33.6 Å². The second-order valence-corrected chi connectivity index (χ2v) is 12.9. The summed E-state index contributed by atoms with van der Waals surface area (Å²) in [6.45, 7) is 0. The zero-order valence-electron chi connectivity index (χ0n) is 25.8. The number of amides is 4. The lowest BCUT2D eigenvalue weighted by Crippen LogP contribution is -2.29. The maximum Gasteiger partial charge on any atom is 0.266 e. The zero-order valence-corrected chi connectivity index (χ0v) is 26.6. The number of rotatable bonds is 6. The van der Waals surface area contributed by atoms with E-state index in [1.165, 1.54) is 21.6 Å². The lowest BCUT2D eigenvalue weighted by molar-refractivity contribution is 0.0910. The van der Waals surface area contributed by atoms with E-state index in [1.54, 1.807) is 72.8 Å². The Morgan fingerprint density at radius 2 is 0.694 bits per heavy atom. The predicted octanol–water partition coefficient (Wildman–Crippen LogP) is 7.94. The van der Waals surface area contributed by atoms with Gasteiger partial charge in [-0.25, -0.2) is 9.80 Å². The molecule has 0 aromatic heterocycles. The highest BCUT2D eigenvalue weighted by atomic mass is 32.2. The average Bonchev–Trinajstić information content (AvgIpc) is 3.52. The second-order valence-electron chi connectivity index (χ2n) is 11.7. The lowest BCUT2D eigenvalue weighted by atomic mass is 10.00. The average molecular weight is 659 g/mol. The van der Waals surface area contributed by atoms with Gasteiger partial charge in [-0.2, -0.15) is 0 Å². The molecule has 6 aromatic rings. The quantitative estimate of drug-likeness (QED) is 0.137.